The van der Waals surface area contributed by atoms with Crippen molar-refractivity contribution in [2.24, 2.45) is 0 Å². The lowest BCUT2D eigenvalue weighted by atomic mass is 10.2. The average Bonchev–Trinajstić information content (AvgIpc) is 2.48. The molecule has 1 aliphatic heterocycles. The number of hydrogen-bond acceptors (Lipinski definition) is 3. The van der Waals surface area contributed by atoms with Crippen LogP contribution in [0.15, 0.2) is 12.1 Å². The molecule has 78 valence electrons. The number of halogens is 2. The monoisotopic (exact) mass is 327 g/mol. The minimum atomic E-state index is 0. The molecule has 1 aromatic rings. The molecule has 0 atom stereocenters. The quantitative estimate of drug-likeness (QED) is 0.740. The molecule has 1 aromatic carbocycles. The van der Waals surface area contributed by atoms with Crippen molar-refractivity contribution in [1.82, 2.24) is 0 Å². The van der Waals surface area contributed by atoms with E-state index in [0.717, 1.165) is 17.2 Å². The van der Waals surface area contributed by atoms with Gasteiger partial charge in [0.2, 0.25) is 6.79 Å². The van der Waals surface area contributed by atoms with Crippen LogP contribution in [0.5, 0.6) is 11.5 Å². The first kappa shape index (κ1) is 11.7. The van der Waals surface area contributed by atoms with Gasteiger partial charge >= 0.3 is 0 Å². The molecule has 0 unspecified atom stereocenters. The summed E-state index contributed by atoms with van der Waals surface area (Å²) in [4.78, 5) is 2.06. The standard InChI is InChI=1S/C9H10INO2.ClH/c1-11(2)7-4-9-8(3-6(7)10)12-5-13-9;/h3-4H,5H2,1-2H3;1H. The van der Waals surface area contributed by atoms with Gasteiger partial charge in [-0.1, -0.05) is 0 Å². The largest absolute Gasteiger partial charge is 0.454 e. The van der Waals surface area contributed by atoms with Gasteiger partial charge in [-0.3, -0.25) is 0 Å². The van der Waals surface area contributed by atoms with Crippen molar-refractivity contribution in [3.8, 4) is 11.5 Å². The summed E-state index contributed by atoms with van der Waals surface area (Å²) in [6.45, 7) is 0.336. The van der Waals surface area contributed by atoms with Crippen LogP contribution >= 0.6 is 35.0 Å². The summed E-state index contributed by atoms with van der Waals surface area (Å²) in [5.74, 6) is 1.68. The highest BCUT2D eigenvalue weighted by Crippen LogP contribution is 2.38. The maximum atomic E-state index is 5.29. The van der Waals surface area contributed by atoms with Crippen molar-refractivity contribution >= 4 is 40.7 Å². The summed E-state index contributed by atoms with van der Waals surface area (Å²) in [5.41, 5.74) is 1.16. The molecule has 0 fully saturated rings. The van der Waals surface area contributed by atoms with Crippen LogP contribution in [0.2, 0.25) is 0 Å². The maximum Gasteiger partial charge on any atom is 0.231 e. The molecule has 0 spiro atoms. The lowest BCUT2D eigenvalue weighted by Crippen LogP contribution is -2.09. The molecule has 0 aliphatic carbocycles. The second-order valence-electron chi connectivity index (χ2n) is 3.05. The van der Waals surface area contributed by atoms with E-state index >= 15 is 0 Å². The molecule has 5 heteroatoms. The van der Waals surface area contributed by atoms with Gasteiger partial charge in [0.1, 0.15) is 0 Å². The smallest absolute Gasteiger partial charge is 0.231 e. The van der Waals surface area contributed by atoms with E-state index in [-0.39, 0.29) is 12.4 Å². The SMILES string of the molecule is CN(C)c1cc2c(cc1I)OCO2.Cl. The fraction of sp³-hybridized carbons (Fsp3) is 0.333. The van der Waals surface area contributed by atoms with Gasteiger partial charge in [-0.25, -0.2) is 0 Å². The van der Waals surface area contributed by atoms with Crippen LogP contribution in [-0.4, -0.2) is 20.9 Å². The van der Waals surface area contributed by atoms with Gasteiger partial charge in [0.25, 0.3) is 0 Å². The average molecular weight is 328 g/mol. The number of fused-ring (bicyclic) bond motifs is 1. The predicted molar refractivity (Wildman–Crippen MR) is 66.9 cm³/mol. The molecule has 2 rings (SSSR count). The summed E-state index contributed by atoms with van der Waals surface area (Å²) in [5, 5.41) is 0. The van der Waals surface area contributed by atoms with Crippen molar-refractivity contribution in [3.63, 3.8) is 0 Å². The Balaban J connectivity index is 0.000000980. The molecule has 0 saturated heterocycles. The third kappa shape index (κ3) is 2.00. The zero-order chi connectivity index (χ0) is 9.42. The Kier molecular flexibility index (Phi) is 3.71. The van der Waals surface area contributed by atoms with E-state index in [4.69, 9.17) is 9.47 Å². The van der Waals surface area contributed by atoms with Gasteiger partial charge in [-0.05, 0) is 28.7 Å². The maximum absolute atomic E-state index is 5.29. The Morgan fingerprint density at radius 2 is 1.79 bits per heavy atom. The number of hydrogen-bond donors (Lipinski definition) is 0. The van der Waals surface area contributed by atoms with Crippen LogP contribution in [0.25, 0.3) is 0 Å². The summed E-state index contributed by atoms with van der Waals surface area (Å²) in [6, 6.07) is 4.00. The molecule has 3 nitrogen and oxygen atoms in total. The molecule has 1 heterocycles. The van der Waals surface area contributed by atoms with Crippen molar-refractivity contribution in [2.75, 3.05) is 25.8 Å². The Morgan fingerprint density at radius 3 is 2.36 bits per heavy atom. The number of anilines is 1. The normalized spacial score (nSPS) is 12.2. The van der Waals surface area contributed by atoms with E-state index in [1.807, 2.05) is 26.2 Å². The highest BCUT2D eigenvalue weighted by atomic mass is 127. The highest BCUT2D eigenvalue weighted by molar-refractivity contribution is 14.1. The van der Waals surface area contributed by atoms with Crippen molar-refractivity contribution in [3.05, 3.63) is 15.7 Å². The van der Waals surface area contributed by atoms with Gasteiger partial charge in [0.15, 0.2) is 11.5 Å². The van der Waals surface area contributed by atoms with Gasteiger partial charge in [-0.15, -0.1) is 12.4 Å². The fourth-order valence-electron chi connectivity index (χ4n) is 1.25. The topological polar surface area (TPSA) is 21.7 Å². The van der Waals surface area contributed by atoms with Crippen molar-refractivity contribution in [1.29, 1.82) is 0 Å². The minimum Gasteiger partial charge on any atom is -0.454 e. The van der Waals surface area contributed by atoms with E-state index in [2.05, 4.69) is 27.5 Å². The molecule has 0 amide bonds. The molecule has 0 bridgehead atoms. The lowest BCUT2D eigenvalue weighted by Gasteiger charge is -2.14. The van der Waals surface area contributed by atoms with Crippen LogP contribution in [0, 0.1) is 3.57 Å². The van der Waals surface area contributed by atoms with Crippen LogP contribution < -0.4 is 14.4 Å². The van der Waals surface area contributed by atoms with E-state index in [0.29, 0.717) is 6.79 Å². The molecule has 0 N–H and O–H groups in total. The number of benzene rings is 1. The van der Waals surface area contributed by atoms with Gasteiger partial charge in [0, 0.05) is 23.7 Å². The Morgan fingerprint density at radius 1 is 1.21 bits per heavy atom. The molecule has 0 saturated carbocycles. The third-order valence-corrected chi connectivity index (χ3v) is 2.79. The van der Waals surface area contributed by atoms with Crippen LogP contribution in [0.1, 0.15) is 0 Å². The summed E-state index contributed by atoms with van der Waals surface area (Å²) in [6.07, 6.45) is 0. The van der Waals surface area contributed by atoms with E-state index in [9.17, 15) is 0 Å². The molecule has 0 aromatic heterocycles. The molecule has 1 aliphatic rings. The first-order chi connectivity index (χ1) is 6.18. The first-order valence-electron chi connectivity index (χ1n) is 3.95. The Labute approximate surface area is 103 Å². The highest BCUT2D eigenvalue weighted by Gasteiger charge is 2.16. The minimum absolute atomic E-state index is 0. The van der Waals surface area contributed by atoms with Crippen LogP contribution in [0.3, 0.4) is 0 Å². The molecule has 14 heavy (non-hydrogen) atoms. The second kappa shape index (κ2) is 4.44. The molecular weight excluding hydrogens is 316 g/mol. The Hall–Kier alpha value is -0.360. The third-order valence-electron chi connectivity index (χ3n) is 1.92. The summed E-state index contributed by atoms with van der Waals surface area (Å²) >= 11 is 2.29. The molecular formula is C9H11ClINO2. The van der Waals surface area contributed by atoms with Crippen LogP contribution in [-0.2, 0) is 0 Å². The van der Waals surface area contributed by atoms with Crippen molar-refractivity contribution < 1.29 is 9.47 Å². The van der Waals surface area contributed by atoms with Crippen molar-refractivity contribution in [2.45, 2.75) is 0 Å². The predicted octanol–water partition coefficient (Wildman–Crippen LogP) is 2.51. The summed E-state index contributed by atoms with van der Waals surface area (Å²) in [7, 11) is 4.03. The van der Waals surface area contributed by atoms with Crippen LogP contribution in [0.4, 0.5) is 5.69 Å². The number of nitrogens with zero attached hydrogens (tertiary/aromatic N) is 1. The lowest BCUT2D eigenvalue weighted by molar-refractivity contribution is 0.174. The van der Waals surface area contributed by atoms with E-state index in [1.54, 1.807) is 0 Å². The van der Waals surface area contributed by atoms with E-state index < -0.39 is 0 Å². The zero-order valence-corrected chi connectivity index (χ0v) is 10.9. The Bertz CT molecular complexity index is 344. The zero-order valence-electron chi connectivity index (χ0n) is 7.91. The van der Waals surface area contributed by atoms with Gasteiger partial charge < -0.3 is 14.4 Å². The number of ether oxygens (including phenoxy) is 2. The second-order valence-corrected chi connectivity index (χ2v) is 4.21. The van der Waals surface area contributed by atoms with Gasteiger partial charge in [-0.2, -0.15) is 0 Å². The first-order valence-corrected chi connectivity index (χ1v) is 5.03. The number of rotatable bonds is 1. The summed E-state index contributed by atoms with van der Waals surface area (Å²) < 4.78 is 11.7. The van der Waals surface area contributed by atoms with E-state index in [1.165, 1.54) is 3.57 Å². The molecule has 0 radical (unpaired) electrons. The van der Waals surface area contributed by atoms with Gasteiger partial charge in [0.05, 0.1) is 5.69 Å². The fourth-order valence-corrected chi connectivity index (χ4v) is 2.17.